The van der Waals surface area contributed by atoms with Crippen LogP contribution in [0.4, 0.5) is 0 Å². The summed E-state index contributed by atoms with van der Waals surface area (Å²) in [5.41, 5.74) is 5.50. The Morgan fingerprint density at radius 3 is 2.76 bits per heavy atom. The highest BCUT2D eigenvalue weighted by molar-refractivity contribution is 5.99. The normalized spacial score (nSPS) is 17.4. The Bertz CT molecular complexity index is 910. The molecule has 1 fully saturated rings. The van der Waals surface area contributed by atoms with Crippen molar-refractivity contribution in [1.29, 1.82) is 0 Å². The number of nitrogens with one attached hydrogen (secondary N) is 1. The van der Waals surface area contributed by atoms with E-state index >= 15 is 0 Å². The van der Waals surface area contributed by atoms with E-state index < -0.39 is 0 Å². The van der Waals surface area contributed by atoms with Gasteiger partial charge in [-0.1, -0.05) is 36.4 Å². The molecule has 1 aliphatic rings. The van der Waals surface area contributed by atoms with E-state index in [0.29, 0.717) is 11.7 Å². The number of hydrogen-bond donors (Lipinski definition) is 1. The number of likely N-dealkylation sites (tertiary alicyclic amines) is 1. The maximum atomic E-state index is 13.1. The first-order chi connectivity index (χ1) is 12.1. The van der Waals surface area contributed by atoms with Gasteiger partial charge in [-0.15, -0.1) is 0 Å². The van der Waals surface area contributed by atoms with Crippen molar-refractivity contribution in [1.82, 2.24) is 9.88 Å². The van der Waals surface area contributed by atoms with Crippen LogP contribution in [0.5, 0.6) is 0 Å². The van der Waals surface area contributed by atoms with Crippen molar-refractivity contribution in [2.45, 2.75) is 39.2 Å². The third-order valence-corrected chi connectivity index (χ3v) is 5.27. The van der Waals surface area contributed by atoms with E-state index in [1.807, 2.05) is 12.1 Å². The number of carbonyl (C=O) groups excluding carboxylic acids is 1. The number of hydrogen-bond acceptors (Lipinski definition) is 1. The van der Waals surface area contributed by atoms with Crippen LogP contribution in [0.2, 0.25) is 0 Å². The molecule has 0 spiro atoms. The third-order valence-electron chi connectivity index (χ3n) is 5.27. The Morgan fingerprint density at radius 2 is 1.96 bits per heavy atom. The van der Waals surface area contributed by atoms with Crippen molar-refractivity contribution < 1.29 is 4.79 Å². The molecule has 1 N–H and O–H groups in total. The highest BCUT2D eigenvalue weighted by Gasteiger charge is 2.30. The lowest BCUT2D eigenvalue weighted by Gasteiger charge is -2.24. The number of aromatic amines is 1. The predicted octanol–water partition coefficient (Wildman–Crippen LogP) is 4.63. The van der Waals surface area contributed by atoms with E-state index in [1.165, 1.54) is 16.7 Å². The van der Waals surface area contributed by atoms with Gasteiger partial charge in [0.15, 0.2) is 0 Å². The number of aromatic nitrogens is 1. The summed E-state index contributed by atoms with van der Waals surface area (Å²) < 4.78 is 0. The number of rotatable bonds is 3. The average molecular weight is 332 g/mol. The second-order valence-corrected chi connectivity index (χ2v) is 7.21. The van der Waals surface area contributed by atoms with Crippen LogP contribution >= 0.6 is 0 Å². The van der Waals surface area contributed by atoms with Crippen LogP contribution in [0.25, 0.3) is 10.9 Å². The minimum atomic E-state index is 0.131. The summed E-state index contributed by atoms with van der Waals surface area (Å²) in [5.74, 6) is 0.131. The first-order valence-electron chi connectivity index (χ1n) is 9.06. The zero-order valence-electron chi connectivity index (χ0n) is 14.9. The highest BCUT2D eigenvalue weighted by atomic mass is 16.2. The average Bonchev–Trinajstić information content (AvgIpc) is 3.22. The van der Waals surface area contributed by atoms with Gasteiger partial charge in [-0.3, -0.25) is 4.79 Å². The lowest BCUT2D eigenvalue weighted by Crippen LogP contribution is -2.37. The number of amides is 1. The molecule has 2 aromatic carbocycles. The minimum absolute atomic E-state index is 0.131. The van der Waals surface area contributed by atoms with Crippen molar-refractivity contribution in [3.05, 3.63) is 70.9 Å². The van der Waals surface area contributed by atoms with Crippen LogP contribution < -0.4 is 0 Å². The molecule has 3 nitrogen and oxygen atoms in total. The second-order valence-electron chi connectivity index (χ2n) is 7.21. The van der Waals surface area contributed by atoms with Crippen molar-refractivity contribution >= 4 is 16.8 Å². The number of benzene rings is 2. The number of H-pyrrole nitrogens is 1. The molecule has 128 valence electrons. The summed E-state index contributed by atoms with van der Waals surface area (Å²) in [6.45, 7) is 5.04. The lowest BCUT2D eigenvalue weighted by molar-refractivity contribution is 0.0731. The smallest absolute Gasteiger partial charge is 0.270 e. The molecule has 3 aromatic rings. The molecule has 1 aliphatic heterocycles. The fourth-order valence-corrected chi connectivity index (χ4v) is 4.07. The van der Waals surface area contributed by atoms with E-state index in [0.717, 1.165) is 36.7 Å². The predicted molar refractivity (Wildman–Crippen MR) is 102 cm³/mol. The van der Waals surface area contributed by atoms with Crippen molar-refractivity contribution in [2.24, 2.45) is 0 Å². The summed E-state index contributed by atoms with van der Waals surface area (Å²) in [7, 11) is 0. The summed E-state index contributed by atoms with van der Waals surface area (Å²) in [6.07, 6.45) is 3.10. The molecule has 1 aromatic heterocycles. The minimum Gasteiger partial charge on any atom is -0.351 e. The summed E-state index contributed by atoms with van der Waals surface area (Å²) in [5, 5.41) is 1.15. The van der Waals surface area contributed by atoms with E-state index in [4.69, 9.17) is 0 Å². The Balaban J connectivity index is 1.60. The number of carbonyl (C=O) groups is 1. The highest BCUT2D eigenvalue weighted by Crippen LogP contribution is 2.26. The van der Waals surface area contributed by atoms with Crippen molar-refractivity contribution in [3.63, 3.8) is 0 Å². The van der Waals surface area contributed by atoms with Crippen molar-refractivity contribution in [2.75, 3.05) is 6.54 Å². The molecule has 1 amide bonds. The molecule has 1 unspecified atom stereocenters. The lowest BCUT2D eigenvalue weighted by atomic mass is 10.0. The molecular formula is C22H24N2O. The van der Waals surface area contributed by atoms with Crippen molar-refractivity contribution in [3.8, 4) is 0 Å². The standard InChI is InChI=1S/C22H24N2O/c1-15-11-16(2)19-14-21(23-20(19)12-15)22(25)24-10-6-9-18(24)13-17-7-4-3-5-8-17/h3-5,7-8,11-12,14,18,23H,6,9-10,13H2,1-2H3. The summed E-state index contributed by atoms with van der Waals surface area (Å²) >= 11 is 0. The molecule has 0 bridgehead atoms. The maximum absolute atomic E-state index is 13.1. The monoisotopic (exact) mass is 332 g/mol. The molecule has 0 aliphatic carbocycles. The number of aryl methyl sites for hydroxylation is 2. The molecule has 2 heterocycles. The molecule has 3 heteroatoms. The van der Waals surface area contributed by atoms with E-state index in [1.54, 1.807) is 0 Å². The maximum Gasteiger partial charge on any atom is 0.270 e. The van der Waals surface area contributed by atoms with Gasteiger partial charge in [-0.05, 0) is 61.9 Å². The molecule has 0 saturated carbocycles. The zero-order valence-corrected chi connectivity index (χ0v) is 14.9. The largest absolute Gasteiger partial charge is 0.351 e. The topological polar surface area (TPSA) is 36.1 Å². The fourth-order valence-electron chi connectivity index (χ4n) is 4.07. The Kier molecular flexibility index (Phi) is 4.08. The van der Waals surface area contributed by atoms with Gasteiger partial charge in [0.05, 0.1) is 0 Å². The molecule has 4 rings (SSSR count). The molecule has 1 saturated heterocycles. The van der Waals surface area contributed by atoms with Crippen LogP contribution in [0.3, 0.4) is 0 Å². The van der Waals surface area contributed by atoms with Gasteiger partial charge >= 0.3 is 0 Å². The van der Waals surface area contributed by atoms with Crippen LogP contribution in [-0.2, 0) is 6.42 Å². The van der Waals surface area contributed by atoms with Gasteiger partial charge < -0.3 is 9.88 Å². The van der Waals surface area contributed by atoms with Gasteiger partial charge in [-0.2, -0.15) is 0 Å². The Hall–Kier alpha value is -2.55. The SMILES string of the molecule is Cc1cc(C)c2cc(C(=O)N3CCCC3Cc3ccccc3)[nH]c2c1. The first-order valence-corrected chi connectivity index (χ1v) is 9.06. The second kappa shape index (κ2) is 6.40. The third kappa shape index (κ3) is 3.07. The first kappa shape index (κ1) is 15.9. The van der Waals surface area contributed by atoms with Gasteiger partial charge in [0.25, 0.3) is 5.91 Å². The van der Waals surface area contributed by atoms with Crippen LogP contribution in [0.1, 0.15) is 40.0 Å². The number of fused-ring (bicyclic) bond motifs is 1. The van der Waals surface area contributed by atoms with Gasteiger partial charge in [0, 0.05) is 23.5 Å². The molecular weight excluding hydrogens is 308 g/mol. The Morgan fingerprint density at radius 1 is 1.16 bits per heavy atom. The molecule has 25 heavy (non-hydrogen) atoms. The van der Waals surface area contributed by atoms with E-state index in [9.17, 15) is 4.79 Å². The zero-order chi connectivity index (χ0) is 17.4. The quantitative estimate of drug-likeness (QED) is 0.746. The number of nitrogens with zero attached hydrogens (tertiary/aromatic N) is 1. The van der Waals surface area contributed by atoms with Crippen LogP contribution in [-0.4, -0.2) is 28.4 Å². The molecule has 1 atom stereocenters. The van der Waals surface area contributed by atoms with Gasteiger partial charge in [0.1, 0.15) is 5.69 Å². The van der Waals surface area contributed by atoms with E-state index in [-0.39, 0.29) is 5.91 Å². The Labute approximate surface area is 148 Å². The van der Waals surface area contributed by atoms with Gasteiger partial charge in [-0.25, -0.2) is 0 Å². The summed E-state index contributed by atoms with van der Waals surface area (Å²) in [6, 6.07) is 17.1. The fraction of sp³-hybridized carbons (Fsp3) is 0.318. The van der Waals surface area contributed by atoms with Gasteiger partial charge in [0.2, 0.25) is 0 Å². The summed E-state index contributed by atoms with van der Waals surface area (Å²) in [4.78, 5) is 18.5. The van der Waals surface area contributed by atoms with Crippen LogP contribution in [0.15, 0.2) is 48.5 Å². The molecule has 0 radical (unpaired) electrons. The van der Waals surface area contributed by atoms with E-state index in [2.05, 4.69) is 60.1 Å². The van der Waals surface area contributed by atoms with Crippen LogP contribution in [0, 0.1) is 13.8 Å².